The number of rotatable bonds is 2. The Morgan fingerprint density at radius 3 is 2.37 bits per heavy atom. The summed E-state index contributed by atoms with van der Waals surface area (Å²) in [5, 5.41) is 9.93. The molecule has 1 aliphatic rings. The van der Waals surface area contributed by atoms with E-state index in [9.17, 15) is 14.3 Å². The predicted molar refractivity (Wildman–Crippen MR) is 70.9 cm³/mol. The van der Waals surface area contributed by atoms with Crippen molar-refractivity contribution >= 4 is 5.91 Å². The Bertz CT molecular complexity index is 514. The minimum Gasteiger partial charge on any atom is -0.510 e. The van der Waals surface area contributed by atoms with Crippen LogP contribution < -0.4 is 0 Å². The number of nitrogens with zero attached hydrogens (tertiary/aromatic N) is 1. The number of aliphatic hydroxyl groups excluding tert-OH is 1. The Morgan fingerprint density at radius 1 is 1.26 bits per heavy atom. The van der Waals surface area contributed by atoms with Crippen LogP contribution in [0.3, 0.4) is 0 Å². The minimum atomic E-state index is -0.343. The summed E-state index contributed by atoms with van der Waals surface area (Å²) in [6.07, 6.45) is 1.26. The summed E-state index contributed by atoms with van der Waals surface area (Å²) >= 11 is 0. The van der Waals surface area contributed by atoms with Crippen LogP contribution in [-0.4, -0.2) is 22.0 Å². The van der Waals surface area contributed by atoms with Gasteiger partial charge in [-0.3, -0.25) is 4.79 Å². The van der Waals surface area contributed by atoms with Crippen LogP contribution >= 0.6 is 0 Å². The van der Waals surface area contributed by atoms with Gasteiger partial charge in [0.2, 0.25) is 0 Å². The van der Waals surface area contributed by atoms with Crippen molar-refractivity contribution in [1.82, 2.24) is 4.90 Å². The lowest BCUT2D eigenvalue weighted by Gasteiger charge is -2.35. The van der Waals surface area contributed by atoms with Gasteiger partial charge in [-0.15, -0.1) is 0 Å². The first-order chi connectivity index (χ1) is 8.79. The Balaban J connectivity index is 2.23. The van der Waals surface area contributed by atoms with Gasteiger partial charge in [-0.05, 0) is 23.1 Å². The van der Waals surface area contributed by atoms with Crippen LogP contribution in [-0.2, 0) is 11.3 Å². The molecule has 0 unspecified atom stereocenters. The number of aliphatic hydroxyl groups is 1. The molecule has 1 N–H and O–H groups in total. The van der Waals surface area contributed by atoms with Crippen LogP contribution in [0.25, 0.3) is 0 Å². The van der Waals surface area contributed by atoms with Crippen molar-refractivity contribution in [1.29, 1.82) is 0 Å². The Hall–Kier alpha value is -1.84. The SMILES string of the molecule is CC(C)(C)[C@H]1C(O)=CC(=O)N1Cc1ccc(F)cc1. The van der Waals surface area contributed by atoms with E-state index in [0.717, 1.165) is 5.56 Å². The number of carbonyl (C=O) groups is 1. The van der Waals surface area contributed by atoms with Crippen molar-refractivity contribution in [3.05, 3.63) is 47.5 Å². The van der Waals surface area contributed by atoms with Gasteiger partial charge in [0.1, 0.15) is 11.6 Å². The summed E-state index contributed by atoms with van der Waals surface area (Å²) < 4.78 is 12.9. The van der Waals surface area contributed by atoms with E-state index >= 15 is 0 Å². The van der Waals surface area contributed by atoms with Gasteiger partial charge in [-0.25, -0.2) is 4.39 Å². The fraction of sp³-hybridized carbons (Fsp3) is 0.400. The molecule has 102 valence electrons. The maximum Gasteiger partial charge on any atom is 0.250 e. The maximum absolute atomic E-state index is 12.9. The van der Waals surface area contributed by atoms with E-state index in [4.69, 9.17) is 0 Å². The van der Waals surface area contributed by atoms with Gasteiger partial charge < -0.3 is 10.0 Å². The number of hydrogen-bond donors (Lipinski definition) is 1. The highest BCUT2D eigenvalue weighted by molar-refractivity contribution is 5.91. The third kappa shape index (κ3) is 2.78. The molecule has 4 heteroatoms. The summed E-state index contributed by atoms with van der Waals surface area (Å²) in [7, 11) is 0. The highest BCUT2D eigenvalue weighted by Crippen LogP contribution is 2.34. The Morgan fingerprint density at radius 2 is 1.84 bits per heavy atom. The van der Waals surface area contributed by atoms with Gasteiger partial charge in [0.15, 0.2) is 0 Å². The highest BCUT2D eigenvalue weighted by atomic mass is 19.1. The molecule has 0 saturated heterocycles. The summed E-state index contributed by atoms with van der Waals surface area (Å²) in [5.74, 6) is -0.411. The molecule has 1 aromatic carbocycles. The smallest absolute Gasteiger partial charge is 0.250 e. The zero-order chi connectivity index (χ0) is 14.2. The molecule has 0 aromatic heterocycles. The van der Waals surface area contributed by atoms with Gasteiger partial charge in [-0.2, -0.15) is 0 Å². The monoisotopic (exact) mass is 263 g/mol. The topological polar surface area (TPSA) is 40.5 Å². The quantitative estimate of drug-likeness (QED) is 0.891. The molecule has 19 heavy (non-hydrogen) atoms. The lowest BCUT2D eigenvalue weighted by molar-refractivity contribution is -0.128. The van der Waals surface area contributed by atoms with Crippen molar-refractivity contribution in [3.63, 3.8) is 0 Å². The van der Waals surface area contributed by atoms with E-state index in [2.05, 4.69) is 0 Å². The number of halogens is 1. The van der Waals surface area contributed by atoms with Crippen LogP contribution in [0, 0.1) is 11.2 Å². The fourth-order valence-electron chi connectivity index (χ4n) is 2.44. The maximum atomic E-state index is 12.9. The zero-order valence-corrected chi connectivity index (χ0v) is 11.4. The van der Waals surface area contributed by atoms with Gasteiger partial charge in [0, 0.05) is 12.6 Å². The average molecular weight is 263 g/mol. The van der Waals surface area contributed by atoms with Crippen LogP contribution in [0.1, 0.15) is 26.3 Å². The lowest BCUT2D eigenvalue weighted by Crippen LogP contribution is -2.43. The van der Waals surface area contributed by atoms with E-state index in [1.54, 1.807) is 17.0 Å². The largest absolute Gasteiger partial charge is 0.510 e. The van der Waals surface area contributed by atoms with Gasteiger partial charge >= 0.3 is 0 Å². The molecule has 3 nitrogen and oxygen atoms in total. The normalized spacial score (nSPS) is 19.8. The molecule has 1 atom stereocenters. The second-order valence-electron chi connectivity index (χ2n) is 5.93. The van der Waals surface area contributed by atoms with Crippen LogP contribution in [0.15, 0.2) is 36.1 Å². The first-order valence-electron chi connectivity index (χ1n) is 6.24. The zero-order valence-electron chi connectivity index (χ0n) is 11.4. The summed E-state index contributed by atoms with van der Waals surface area (Å²) in [5.41, 5.74) is 0.583. The molecule has 1 aromatic rings. The van der Waals surface area contributed by atoms with Gasteiger partial charge in [-0.1, -0.05) is 32.9 Å². The minimum absolute atomic E-state index is 0.0969. The molecule has 0 fully saturated rings. The summed E-state index contributed by atoms with van der Waals surface area (Å²) in [6, 6.07) is 5.70. The third-order valence-corrected chi connectivity index (χ3v) is 3.23. The van der Waals surface area contributed by atoms with Crippen LogP contribution in [0.2, 0.25) is 0 Å². The number of hydrogen-bond acceptors (Lipinski definition) is 2. The molecular formula is C15H18FNO2. The second-order valence-corrected chi connectivity index (χ2v) is 5.93. The molecule has 1 amide bonds. The van der Waals surface area contributed by atoms with Gasteiger partial charge in [0.25, 0.3) is 5.91 Å². The molecule has 0 saturated carbocycles. The molecule has 2 rings (SSSR count). The van der Waals surface area contributed by atoms with E-state index in [0.29, 0.717) is 6.54 Å². The molecule has 1 heterocycles. The van der Waals surface area contributed by atoms with Crippen molar-refractivity contribution < 1.29 is 14.3 Å². The Kier molecular flexibility index (Phi) is 3.35. The number of amides is 1. The van der Waals surface area contributed by atoms with Crippen molar-refractivity contribution in [2.24, 2.45) is 5.41 Å². The molecular weight excluding hydrogens is 245 g/mol. The predicted octanol–water partition coefficient (Wildman–Crippen LogP) is 3.02. The third-order valence-electron chi connectivity index (χ3n) is 3.23. The molecule has 0 aliphatic carbocycles. The highest BCUT2D eigenvalue weighted by Gasteiger charge is 2.40. The van der Waals surface area contributed by atoms with Crippen molar-refractivity contribution in [3.8, 4) is 0 Å². The van der Waals surface area contributed by atoms with E-state index in [1.165, 1.54) is 18.2 Å². The first-order valence-corrected chi connectivity index (χ1v) is 6.24. The van der Waals surface area contributed by atoms with Crippen molar-refractivity contribution in [2.75, 3.05) is 0 Å². The molecule has 0 bridgehead atoms. The van der Waals surface area contributed by atoms with Gasteiger partial charge in [0.05, 0.1) is 6.04 Å². The summed E-state index contributed by atoms with van der Waals surface area (Å²) in [6.45, 7) is 6.27. The average Bonchev–Trinajstić information content (AvgIpc) is 2.56. The van der Waals surface area contributed by atoms with E-state index in [-0.39, 0.29) is 28.9 Å². The second kappa shape index (κ2) is 4.68. The molecule has 0 spiro atoms. The van der Waals surface area contributed by atoms with Crippen LogP contribution in [0.4, 0.5) is 4.39 Å². The standard InChI is InChI=1S/C15H18FNO2/c1-15(2,3)14-12(18)8-13(19)17(14)9-10-4-6-11(16)7-5-10/h4-8,14,18H,9H2,1-3H3/t14-/m1/s1. The van der Waals surface area contributed by atoms with Crippen molar-refractivity contribution in [2.45, 2.75) is 33.4 Å². The molecule has 0 radical (unpaired) electrons. The van der Waals surface area contributed by atoms with E-state index in [1.807, 2.05) is 20.8 Å². The van der Waals surface area contributed by atoms with E-state index < -0.39 is 0 Å². The first kappa shape index (κ1) is 13.6. The number of benzene rings is 1. The fourth-order valence-corrected chi connectivity index (χ4v) is 2.44. The Labute approximate surface area is 112 Å². The number of carbonyl (C=O) groups excluding carboxylic acids is 1. The molecule has 1 aliphatic heterocycles. The van der Waals surface area contributed by atoms with Crippen LogP contribution in [0.5, 0.6) is 0 Å². The summed E-state index contributed by atoms with van der Waals surface area (Å²) in [4.78, 5) is 13.5. The lowest BCUT2D eigenvalue weighted by atomic mass is 9.85.